The molecule has 0 saturated carbocycles. The first-order valence-electron chi connectivity index (χ1n) is 14.0. The lowest BCUT2D eigenvalue weighted by atomic mass is 9.95. The van der Waals surface area contributed by atoms with Crippen molar-refractivity contribution in [1.82, 2.24) is 0 Å². The lowest BCUT2D eigenvalue weighted by molar-refractivity contribution is -0.399. The van der Waals surface area contributed by atoms with Crippen molar-refractivity contribution >= 4 is 5.97 Å². The highest BCUT2D eigenvalue weighted by molar-refractivity contribution is 5.73. The third kappa shape index (κ3) is 7.26. The highest BCUT2D eigenvalue weighted by Crippen LogP contribution is 2.35. The van der Waals surface area contributed by atoms with Crippen LogP contribution in [0.15, 0.2) is 0 Å². The highest BCUT2D eigenvalue weighted by atomic mass is 16.8. The lowest BCUT2D eigenvalue weighted by Crippen LogP contribution is -2.68. The van der Waals surface area contributed by atoms with Gasteiger partial charge in [-0.25, -0.2) is 4.79 Å². The minimum atomic E-state index is -2.28. The number of aliphatic hydroxyl groups excluding tert-OH is 12. The number of ether oxygens (including phenoxy) is 7. The molecule has 4 fully saturated rings. The van der Waals surface area contributed by atoms with E-state index in [1.54, 1.807) is 0 Å². The molecule has 13 N–H and O–H groups in total. The Labute approximate surface area is 253 Å². The molecule has 0 radical (unpaired) electrons. The normalized spacial score (nSPS) is 52.8. The second kappa shape index (κ2) is 14.9. The number of carboxylic acid groups (broad SMARTS) is 1. The summed E-state index contributed by atoms with van der Waals surface area (Å²) in [6.07, 6.45) is -37.6. The Bertz CT molecular complexity index is 973. The van der Waals surface area contributed by atoms with E-state index in [1.807, 2.05) is 0 Å². The molecule has 20 atom stereocenters. The smallest absolute Gasteiger partial charge is 0.335 e. The number of aliphatic hydroxyl groups is 12. The summed E-state index contributed by atoms with van der Waals surface area (Å²) in [5.74, 6) is -1.79. The zero-order valence-corrected chi connectivity index (χ0v) is 23.5. The molecule has 4 saturated heterocycles. The van der Waals surface area contributed by atoms with Crippen molar-refractivity contribution in [3.05, 3.63) is 0 Å². The summed E-state index contributed by atoms with van der Waals surface area (Å²) < 4.78 is 37.9. The molecule has 4 aliphatic heterocycles. The van der Waals surface area contributed by atoms with Crippen LogP contribution in [0.4, 0.5) is 0 Å². The van der Waals surface area contributed by atoms with Crippen molar-refractivity contribution in [2.45, 2.75) is 130 Å². The lowest BCUT2D eigenvalue weighted by Gasteiger charge is -2.49. The van der Waals surface area contributed by atoms with Gasteiger partial charge in [0.1, 0.15) is 85.5 Å². The van der Waals surface area contributed by atoms with Crippen LogP contribution in [-0.4, -0.2) is 208 Å². The molecule has 0 aromatic heterocycles. The summed E-state index contributed by atoms with van der Waals surface area (Å²) in [6, 6.07) is 0. The van der Waals surface area contributed by atoms with E-state index >= 15 is 0 Å². The fourth-order valence-electron chi connectivity index (χ4n) is 5.42. The molecule has 0 aromatic rings. The number of hydrogen-bond acceptors (Lipinski definition) is 20. The van der Waals surface area contributed by atoms with Gasteiger partial charge >= 0.3 is 5.97 Å². The SMILES string of the molecule is C[C@H]1O[C@H](O[C@H]2[C@H](O[C@H]3[C@H](O)[C@@H](C(=O)O)O[C@@H](O)[C@@H]3O[C@@H]3O[C@H](CO)[C@@H](O)[C@H](O)[C@H]3O)O[C@H](CO)[C@@H](O)[C@@H]2O)[C@@H](O)[C@@H](O)[C@@H]1O. The quantitative estimate of drug-likeness (QED) is 0.109. The fraction of sp³-hybridized carbons (Fsp3) is 0.958. The minimum Gasteiger partial charge on any atom is -0.479 e. The Morgan fingerprint density at radius 3 is 1.56 bits per heavy atom. The summed E-state index contributed by atoms with van der Waals surface area (Å²) in [4.78, 5) is 11.8. The van der Waals surface area contributed by atoms with E-state index in [1.165, 1.54) is 6.92 Å². The van der Waals surface area contributed by atoms with Crippen LogP contribution in [0.3, 0.4) is 0 Å². The molecule has 0 aliphatic carbocycles. The predicted molar refractivity (Wildman–Crippen MR) is 133 cm³/mol. The average molecular weight is 665 g/mol. The van der Waals surface area contributed by atoms with Crippen molar-refractivity contribution in [2.75, 3.05) is 13.2 Å². The molecule has 4 heterocycles. The third-order valence-electron chi connectivity index (χ3n) is 8.14. The van der Waals surface area contributed by atoms with Gasteiger partial charge in [-0.1, -0.05) is 0 Å². The average Bonchev–Trinajstić information content (AvgIpc) is 3.00. The highest BCUT2D eigenvalue weighted by Gasteiger charge is 2.56. The van der Waals surface area contributed by atoms with Crippen molar-refractivity contribution < 1.29 is 104 Å². The summed E-state index contributed by atoms with van der Waals surface area (Å²) in [5.41, 5.74) is 0. The molecule has 0 spiro atoms. The molecule has 21 heteroatoms. The van der Waals surface area contributed by atoms with Crippen molar-refractivity contribution in [1.29, 1.82) is 0 Å². The fourth-order valence-corrected chi connectivity index (χ4v) is 5.42. The van der Waals surface area contributed by atoms with E-state index in [0.29, 0.717) is 0 Å². The molecular weight excluding hydrogens is 624 g/mol. The van der Waals surface area contributed by atoms with Crippen LogP contribution in [0.1, 0.15) is 6.92 Å². The molecule has 0 amide bonds. The zero-order chi connectivity index (χ0) is 33.5. The van der Waals surface area contributed by atoms with Gasteiger partial charge in [0.15, 0.2) is 31.3 Å². The Balaban J connectivity index is 1.64. The number of aliphatic carboxylic acids is 1. The largest absolute Gasteiger partial charge is 0.479 e. The maximum atomic E-state index is 11.8. The van der Waals surface area contributed by atoms with Crippen molar-refractivity contribution in [3.8, 4) is 0 Å². The molecular formula is C24H40O21. The number of carboxylic acids is 1. The third-order valence-corrected chi connectivity index (χ3v) is 8.14. The first kappa shape index (κ1) is 36.5. The number of carbonyl (C=O) groups is 1. The van der Waals surface area contributed by atoms with Crippen molar-refractivity contribution in [2.24, 2.45) is 0 Å². The summed E-state index contributed by atoms with van der Waals surface area (Å²) in [6.45, 7) is -0.465. The standard InChI is InChI=1S/C24H40O21/c1-4-7(27)10(30)13(33)22(39-4)44-18-12(32)9(29)6(3-26)41-24(18)43-16-15(35)17(20(36)37)42-21(38)19(16)45-23-14(34)11(31)8(28)5(2-25)40-23/h4-19,21-35,38H,2-3H2,1H3,(H,36,37)/t4-,5-,6-,7-,8-,9-,10+,11+,12+,13+,14-,15+,16+,17+,18-,19-,21-,22-,23+,24+/m1/s1. The van der Waals surface area contributed by atoms with Gasteiger partial charge in [0, 0.05) is 0 Å². The van der Waals surface area contributed by atoms with Crippen LogP contribution in [-0.2, 0) is 38.0 Å². The Kier molecular flexibility index (Phi) is 12.1. The number of rotatable bonds is 9. The van der Waals surface area contributed by atoms with Crippen LogP contribution in [0.2, 0.25) is 0 Å². The topological polar surface area (TPSA) is 345 Å². The maximum Gasteiger partial charge on any atom is 0.335 e. The molecule has 21 nitrogen and oxygen atoms in total. The number of hydrogen-bond donors (Lipinski definition) is 13. The molecule has 0 unspecified atom stereocenters. The minimum absolute atomic E-state index is 0.866. The Hall–Kier alpha value is -1.29. The van der Waals surface area contributed by atoms with Crippen LogP contribution >= 0.6 is 0 Å². The van der Waals surface area contributed by atoms with E-state index in [4.69, 9.17) is 33.2 Å². The molecule has 4 rings (SSSR count). The van der Waals surface area contributed by atoms with Gasteiger partial charge in [-0.2, -0.15) is 0 Å². The second-order valence-electron chi connectivity index (χ2n) is 11.2. The van der Waals surface area contributed by atoms with Gasteiger partial charge in [-0.05, 0) is 6.92 Å². The predicted octanol–water partition coefficient (Wildman–Crippen LogP) is -8.63. The van der Waals surface area contributed by atoms with E-state index in [0.717, 1.165) is 0 Å². The van der Waals surface area contributed by atoms with E-state index in [-0.39, 0.29) is 0 Å². The van der Waals surface area contributed by atoms with Gasteiger partial charge in [-0.3, -0.25) is 0 Å². The second-order valence-corrected chi connectivity index (χ2v) is 11.2. The summed E-state index contributed by atoms with van der Waals surface area (Å²) in [5, 5.41) is 133. The monoisotopic (exact) mass is 664 g/mol. The van der Waals surface area contributed by atoms with Gasteiger partial charge < -0.3 is 99.5 Å². The van der Waals surface area contributed by atoms with E-state index in [2.05, 4.69) is 0 Å². The molecule has 262 valence electrons. The van der Waals surface area contributed by atoms with Crippen LogP contribution in [0, 0.1) is 0 Å². The van der Waals surface area contributed by atoms with E-state index < -0.39 is 142 Å². The summed E-state index contributed by atoms with van der Waals surface area (Å²) in [7, 11) is 0. The van der Waals surface area contributed by atoms with Crippen LogP contribution in [0.25, 0.3) is 0 Å². The van der Waals surface area contributed by atoms with E-state index in [9.17, 15) is 71.2 Å². The molecule has 4 aliphatic rings. The summed E-state index contributed by atoms with van der Waals surface area (Å²) >= 11 is 0. The molecule has 0 aromatic carbocycles. The van der Waals surface area contributed by atoms with Crippen molar-refractivity contribution in [3.63, 3.8) is 0 Å². The maximum absolute atomic E-state index is 11.8. The first-order chi connectivity index (χ1) is 21.1. The van der Waals surface area contributed by atoms with Gasteiger partial charge in [0.25, 0.3) is 0 Å². The zero-order valence-electron chi connectivity index (χ0n) is 23.5. The first-order valence-corrected chi connectivity index (χ1v) is 14.0. The van der Waals surface area contributed by atoms with Gasteiger partial charge in [0.2, 0.25) is 0 Å². The Morgan fingerprint density at radius 1 is 0.533 bits per heavy atom. The van der Waals surface area contributed by atoms with Gasteiger partial charge in [0.05, 0.1) is 19.3 Å². The Morgan fingerprint density at radius 2 is 1.00 bits per heavy atom. The molecule has 45 heavy (non-hydrogen) atoms. The van der Waals surface area contributed by atoms with Gasteiger partial charge in [-0.15, -0.1) is 0 Å². The molecule has 0 bridgehead atoms. The van der Waals surface area contributed by atoms with Crippen LogP contribution in [0.5, 0.6) is 0 Å². The van der Waals surface area contributed by atoms with Crippen LogP contribution < -0.4 is 0 Å².